The third-order valence-electron chi connectivity index (χ3n) is 2.42. The average Bonchev–Trinajstić information content (AvgIpc) is 2.36. The summed E-state index contributed by atoms with van der Waals surface area (Å²) in [5, 5.41) is 3.86. The molecule has 5 heteroatoms. The van der Waals surface area contributed by atoms with E-state index in [9.17, 15) is 0 Å². The summed E-state index contributed by atoms with van der Waals surface area (Å²) in [4.78, 5) is 13.1. The third-order valence-corrected chi connectivity index (χ3v) is 2.64. The summed E-state index contributed by atoms with van der Waals surface area (Å²) in [7, 11) is 0. The molecule has 0 saturated heterocycles. The molecule has 0 aromatic carbocycles. The standard InChI is InChI=1S/C13H15ClN4/c1-3-15-8-11-6-9(2)17-13(18-11)12-5-4-10(14)7-16-12/h4-7,15H,3,8H2,1-2H3. The first-order valence-electron chi connectivity index (χ1n) is 5.86. The van der Waals surface area contributed by atoms with Crippen molar-refractivity contribution in [3.05, 3.63) is 40.8 Å². The molecule has 0 saturated carbocycles. The molecule has 2 rings (SSSR count). The molecule has 2 aromatic rings. The third kappa shape index (κ3) is 3.24. The van der Waals surface area contributed by atoms with E-state index in [4.69, 9.17) is 11.6 Å². The monoisotopic (exact) mass is 262 g/mol. The van der Waals surface area contributed by atoms with Crippen LogP contribution in [0, 0.1) is 6.92 Å². The topological polar surface area (TPSA) is 50.7 Å². The van der Waals surface area contributed by atoms with Gasteiger partial charge in [0.15, 0.2) is 5.82 Å². The van der Waals surface area contributed by atoms with Gasteiger partial charge in [-0.05, 0) is 31.7 Å². The first kappa shape index (κ1) is 12.9. The summed E-state index contributed by atoms with van der Waals surface area (Å²) in [5.41, 5.74) is 2.64. The van der Waals surface area contributed by atoms with Crippen LogP contribution in [0.15, 0.2) is 24.4 Å². The molecule has 0 spiro atoms. The average molecular weight is 263 g/mol. The number of aryl methyl sites for hydroxylation is 1. The molecule has 4 nitrogen and oxygen atoms in total. The molecule has 0 radical (unpaired) electrons. The highest BCUT2D eigenvalue weighted by atomic mass is 35.5. The zero-order valence-electron chi connectivity index (χ0n) is 10.4. The molecule has 0 aliphatic carbocycles. The minimum absolute atomic E-state index is 0.610. The van der Waals surface area contributed by atoms with E-state index >= 15 is 0 Å². The molecule has 0 aliphatic rings. The van der Waals surface area contributed by atoms with Crippen molar-refractivity contribution in [3.8, 4) is 11.5 Å². The second kappa shape index (κ2) is 5.89. The van der Waals surface area contributed by atoms with E-state index < -0.39 is 0 Å². The van der Waals surface area contributed by atoms with Crippen molar-refractivity contribution >= 4 is 11.6 Å². The quantitative estimate of drug-likeness (QED) is 0.920. The summed E-state index contributed by atoms with van der Waals surface area (Å²) in [6, 6.07) is 5.59. The Morgan fingerprint density at radius 1 is 1.28 bits per heavy atom. The van der Waals surface area contributed by atoms with Crippen molar-refractivity contribution in [1.82, 2.24) is 20.3 Å². The molecule has 2 heterocycles. The fraction of sp³-hybridized carbons (Fsp3) is 0.308. The van der Waals surface area contributed by atoms with Gasteiger partial charge in [-0.15, -0.1) is 0 Å². The highest BCUT2D eigenvalue weighted by molar-refractivity contribution is 6.30. The maximum atomic E-state index is 5.82. The molecule has 0 fully saturated rings. The first-order valence-corrected chi connectivity index (χ1v) is 6.24. The number of hydrogen-bond donors (Lipinski definition) is 1. The number of aromatic nitrogens is 3. The molecule has 2 aromatic heterocycles. The molecule has 94 valence electrons. The Kier molecular flexibility index (Phi) is 4.23. The number of nitrogens with one attached hydrogen (secondary N) is 1. The molecule has 0 unspecified atom stereocenters. The Balaban J connectivity index is 2.32. The minimum Gasteiger partial charge on any atom is -0.311 e. The van der Waals surface area contributed by atoms with E-state index in [1.54, 1.807) is 12.3 Å². The van der Waals surface area contributed by atoms with Crippen LogP contribution in [-0.2, 0) is 6.54 Å². The Labute approximate surface area is 111 Å². The molecular formula is C13H15ClN4. The maximum absolute atomic E-state index is 5.82. The number of rotatable bonds is 4. The molecule has 0 amide bonds. The van der Waals surface area contributed by atoms with Gasteiger partial charge in [0.25, 0.3) is 0 Å². The molecule has 0 bridgehead atoms. The van der Waals surface area contributed by atoms with Crippen LogP contribution in [0.3, 0.4) is 0 Å². The van der Waals surface area contributed by atoms with Crippen molar-refractivity contribution in [2.45, 2.75) is 20.4 Å². The lowest BCUT2D eigenvalue weighted by Gasteiger charge is -2.06. The van der Waals surface area contributed by atoms with Crippen LogP contribution in [0.1, 0.15) is 18.3 Å². The zero-order valence-corrected chi connectivity index (χ0v) is 11.2. The number of pyridine rings is 1. The lowest BCUT2D eigenvalue weighted by atomic mass is 10.3. The SMILES string of the molecule is CCNCc1cc(C)nc(-c2ccc(Cl)cn2)n1. The van der Waals surface area contributed by atoms with Gasteiger partial charge in [-0.2, -0.15) is 0 Å². The molecule has 0 atom stereocenters. The van der Waals surface area contributed by atoms with Crippen LogP contribution >= 0.6 is 11.6 Å². The van der Waals surface area contributed by atoms with Crippen LogP contribution in [0.4, 0.5) is 0 Å². The van der Waals surface area contributed by atoms with Crippen molar-refractivity contribution in [3.63, 3.8) is 0 Å². The lowest BCUT2D eigenvalue weighted by molar-refractivity contribution is 0.707. The molecular weight excluding hydrogens is 248 g/mol. The lowest BCUT2D eigenvalue weighted by Crippen LogP contribution is -2.13. The summed E-state index contributed by atoms with van der Waals surface area (Å²) >= 11 is 5.82. The second-order valence-electron chi connectivity index (χ2n) is 3.97. The Hall–Kier alpha value is -1.52. The van der Waals surface area contributed by atoms with E-state index in [0.717, 1.165) is 30.2 Å². The predicted octanol–water partition coefficient (Wildman–Crippen LogP) is 2.61. The summed E-state index contributed by atoms with van der Waals surface area (Å²) in [6.07, 6.45) is 1.60. The van der Waals surface area contributed by atoms with Gasteiger partial charge < -0.3 is 5.32 Å². The van der Waals surface area contributed by atoms with E-state index in [-0.39, 0.29) is 0 Å². The van der Waals surface area contributed by atoms with E-state index in [2.05, 4.69) is 27.2 Å². The predicted molar refractivity (Wildman–Crippen MR) is 72.4 cm³/mol. The first-order chi connectivity index (χ1) is 8.69. The van der Waals surface area contributed by atoms with Gasteiger partial charge >= 0.3 is 0 Å². The van der Waals surface area contributed by atoms with Crippen molar-refractivity contribution < 1.29 is 0 Å². The van der Waals surface area contributed by atoms with Crippen molar-refractivity contribution in [2.24, 2.45) is 0 Å². The van der Waals surface area contributed by atoms with Crippen LogP contribution in [0.2, 0.25) is 5.02 Å². The van der Waals surface area contributed by atoms with Crippen LogP contribution in [0.5, 0.6) is 0 Å². The van der Waals surface area contributed by atoms with Gasteiger partial charge in [0.05, 0.1) is 10.7 Å². The molecule has 0 aliphatic heterocycles. The largest absolute Gasteiger partial charge is 0.311 e. The fourth-order valence-electron chi connectivity index (χ4n) is 1.60. The number of hydrogen-bond acceptors (Lipinski definition) is 4. The summed E-state index contributed by atoms with van der Waals surface area (Å²) < 4.78 is 0. The van der Waals surface area contributed by atoms with Crippen molar-refractivity contribution in [1.29, 1.82) is 0 Å². The van der Waals surface area contributed by atoms with Gasteiger partial charge in [0.2, 0.25) is 0 Å². The minimum atomic E-state index is 0.610. The Morgan fingerprint density at radius 2 is 2.11 bits per heavy atom. The van der Waals surface area contributed by atoms with Gasteiger partial charge in [-0.3, -0.25) is 4.98 Å². The normalized spacial score (nSPS) is 10.6. The Morgan fingerprint density at radius 3 is 2.78 bits per heavy atom. The smallest absolute Gasteiger partial charge is 0.178 e. The van der Waals surface area contributed by atoms with Crippen molar-refractivity contribution in [2.75, 3.05) is 6.54 Å². The second-order valence-corrected chi connectivity index (χ2v) is 4.40. The van der Waals surface area contributed by atoms with Crippen LogP contribution in [0.25, 0.3) is 11.5 Å². The van der Waals surface area contributed by atoms with E-state index in [0.29, 0.717) is 10.8 Å². The zero-order chi connectivity index (χ0) is 13.0. The van der Waals surface area contributed by atoms with Crippen LogP contribution in [-0.4, -0.2) is 21.5 Å². The van der Waals surface area contributed by atoms with Gasteiger partial charge in [-0.1, -0.05) is 18.5 Å². The summed E-state index contributed by atoms with van der Waals surface area (Å²) in [6.45, 7) is 5.67. The molecule has 18 heavy (non-hydrogen) atoms. The Bertz CT molecular complexity index is 525. The fourth-order valence-corrected chi connectivity index (χ4v) is 1.71. The number of halogens is 1. The van der Waals surface area contributed by atoms with Gasteiger partial charge in [0.1, 0.15) is 5.69 Å². The molecule has 1 N–H and O–H groups in total. The maximum Gasteiger partial charge on any atom is 0.178 e. The highest BCUT2D eigenvalue weighted by Gasteiger charge is 2.06. The van der Waals surface area contributed by atoms with Gasteiger partial charge in [-0.25, -0.2) is 9.97 Å². The van der Waals surface area contributed by atoms with E-state index in [1.807, 2.05) is 19.1 Å². The van der Waals surface area contributed by atoms with Crippen LogP contribution < -0.4 is 5.32 Å². The number of nitrogens with zero attached hydrogens (tertiary/aromatic N) is 3. The summed E-state index contributed by atoms with van der Waals surface area (Å²) in [5.74, 6) is 0.638. The van der Waals surface area contributed by atoms with E-state index in [1.165, 1.54) is 0 Å². The highest BCUT2D eigenvalue weighted by Crippen LogP contribution is 2.15. The van der Waals surface area contributed by atoms with Gasteiger partial charge in [0, 0.05) is 18.4 Å².